The van der Waals surface area contributed by atoms with Crippen LogP contribution in [0.25, 0.3) is 0 Å². The Balaban J connectivity index is 3.49. The molecule has 180 valence electrons. The van der Waals surface area contributed by atoms with Crippen LogP contribution in [0.5, 0.6) is 0 Å². The van der Waals surface area contributed by atoms with Crippen molar-refractivity contribution in [2.45, 2.75) is 122 Å². The summed E-state index contributed by atoms with van der Waals surface area (Å²) in [6, 6.07) is 0. The summed E-state index contributed by atoms with van der Waals surface area (Å²) in [6.07, 6.45) is 26.8. The highest BCUT2D eigenvalue weighted by atomic mass is 16.5. The highest BCUT2D eigenvalue weighted by molar-refractivity contribution is 5.79. The fourth-order valence-corrected chi connectivity index (χ4v) is 3.76. The Hall–Kier alpha value is -1.58. The average Bonchev–Trinajstić information content (AvgIpc) is 2.75. The molecule has 0 radical (unpaired) electrons. The Bertz CT molecular complexity index is 470. The topological polar surface area (TPSA) is 63.6 Å². The van der Waals surface area contributed by atoms with Gasteiger partial charge in [0, 0.05) is 0 Å². The van der Waals surface area contributed by atoms with E-state index in [0.717, 1.165) is 19.3 Å². The Labute approximate surface area is 191 Å². The number of carboxylic acids is 1. The lowest BCUT2D eigenvalue weighted by atomic mass is 9.97. The summed E-state index contributed by atoms with van der Waals surface area (Å²) >= 11 is 0. The van der Waals surface area contributed by atoms with Gasteiger partial charge in [-0.05, 0) is 32.1 Å². The van der Waals surface area contributed by atoms with Crippen LogP contribution in [-0.4, -0.2) is 23.7 Å². The van der Waals surface area contributed by atoms with E-state index in [1.807, 2.05) is 0 Å². The number of ether oxygens (including phenoxy) is 1. The van der Waals surface area contributed by atoms with Gasteiger partial charge in [0.2, 0.25) is 0 Å². The van der Waals surface area contributed by atoms with Crippen LogP contribution >= 0.6 is 0 Å². The van der Waals surface area contributed by atoms with E-state index in [9.17, 15) is 9.59 Å². The molecule has 4 heteroatoms. The number of carboxylic acid groups (broad SMARTS) is 1. The fourth-order valence-electron chi connectivity index (χ4n) is 3.76. The normalized spacial score (nSPS) is 12.2. The summed E-state index contributed by atoms with van der Waals surface area (Å²) in [5.41, 5.74) is 0. The maximum absolute atomic E-state index is 11.9. The highest BCUT2D eigenvalue weighted by Crippen LogP contribution is 2.18. The summed E-state index contributed by atoms with van der Waals surface area (Å²) in [4.78, 5) is 22.9. The predicted octanol–water partition coefficient (Wildman–Crippen LogP) is 8.01. The maximum atomic E-state index is 11.9. The monoisotopic (exact) mass is 436 g/mol. The molecular formula is C27H48O4. The van der Waals surface area contributed by atoms with Crippen molar-refractivity contribution in [2.75, 3.05) is 6.61 Å². The number of hydrogen-bond acceptors (Lipinski definition) is 3. The van der Waals surface area contributed by atoms with Crippen molar-refractivity contribution in [1.29, 1.82) is 0 Å². The number of esters is 1. The number of carbonyl (C=O) groups is 2. The van der Waals surface area contributed by atoms with E-state index >= 15 is 0 Å². The fraction of sp³-hybridized carbons (Fsp3) is 0.778. The third-order valence-electron chi connectivity index (χ3n) is 5.66. The zero-order valence-electron chi connectivity index (χ0n) is 20.1. The molecule has 31 heavy (non-hydrogen) atoms. The van der Waals surface area contributed by atoms with Crippen molar-refractivity contribution in [3.63, 3.8) is 0 Å². The predicted molar refractivity (Wildman–Crippen MR) is 130 cm³/mol. The number of rotatable bonds is 23. The summed E-state index contributed by atoms with van der Waals surface area (Å²) in [6.45, 7) is 5.91. The smallest absolute Gasteiger partial charge is 0.309 e. The van der Waals surface area contributed by atoms with Crippen LogP contribution in [0.3, 0.4) is 0 Å². The van der Waals surface area contributed by atoms with Gasteiger partial charge in [-0.25, -0.2) is 0 Å². The summed E-state index contributed by atoms with van der Waals surface area (Å²) < 4.78 is 5.02. The Kier molecular flexibility index (Phi) is 21.9. The maximum Gasteiger partial charge on any atom is 0.309 e. The molecule has 4 nitrogen and oxygen atoms in total. The average molecular weight is 437 g/mol. The second-order valence-corrected chi connectivity index (χ2v) is 8.65. The molecule has 0 aliphatic heterocycles. The van der Waals surface area contributed by atoms with Gasteiger partial charge in [0.15, 0.2) is 0 Å². The Morgan fingerprint density at radius 3 is 1.77 bits per heavy atom. The first-order valence-corrected chi connectivity index (χ1v) is 12.8. The second kappa shape index (κ2) is 23.1. The van der Waals surface area contributed by atoms with E-state index in [0.29, 0.717) is 6.42 Å². The van der Waals surface area contributed by atoms with Gasteiger partial charge in [-0.2, -0.15) is 0 Å². The van der Waals surface area contributed by atoms with Crippen molar-refractivity contribution in [3.8, 4) is 0 Å². The van der Waals surface area contributed by atoms with Crippen LogP contribution in [0.2, 0.25) is 0 Å². The number of unbranched alkanes of at least 4 members (excludes halogenated alkanes) is 14. The van der Waals surface area contributed by atoms with Crippen LogP contribution in [0.15, 0.2) is 24.8 Å². The van der Waals surface area contributed by atoms with Gasteiger partial charge in [0.05, 0.1) is 12.3 Å². The van der Waals surface area contributed by atoms with Crippen molar-refractivity contribution >= 4 is 11.9 Å². The number of carbonyl (C=O) groups excluding carboxylic acids is 1. The zero-order valence-corrected chi connectivity index (χ0v) is 20.1. The summed E-state index contributed by atoms with van der Waals surface area (Å²) in [5, 5.41) is 8.98. The lowest BCUT2D eigenvalue weighted by molar-refractivity contribution is -0.152. The minimum Gasteiger partial charge on any atom is -0.481 e. The molecule has 0 rings (SSSR count). The molecule has 0 saturated carbocycles. The number of hydrogen-bond donors (Lipinski definition) is 1. The first-order chi connectivity index (χ1) is 15.1. The molecule has 0 aliphatic carbocycles. The lowest BCUT2D eigenvalue weighted by Gasteiger charge is -2.13. The molecule has 0 spiro atoms. The van der Waals surface area contributed by atoms with Crippen LogP contribution < -0.4 is 0 Å². The molecule has 0 saturated heterocycles. The third kappa shape index (κ3) is 21.4. The third-order valence-corrected chi connectivity index (χ3v) is 5.66. The van der Waals surface area contributed by atoms with Gasteiger partial charge in [0.1, 0.15) is 6.61 Å². The van der Waals surface area contributed by atoms with Gasteiger partial charge < -0.3 is 9.84 Å². The molecule has 0 heterocycles. The molecule has 1 atom stereocenters. The first kappa shape index (κ1) is 29.4. The van der Waals surface area contributed by atoms with Crippen LogP contribution in [0, 0.1) is 5.92 Å². The molecule has 0 aromatic heterocycles. The largest absolute Gasteiger partial charge is 0.481 e. The van der Waals surface area contributed by atoms with E-state index in [1.165, 1.54) is 89.5 Å². The van der Waals surface area contributed by atoms with E-state index in [4.69, 9.17) is 9.84 Å². The van der Waals surface area contributed by atoms with Crippen LogP contribution in [0.4, 0.5) is 0 Å². The minimum absolute atomic E-state index is 0.144. The van der Waals surface area contributed by atoms with E-state index < -0.39 is 17.9 Å². The molecule has 0 aromatic carbocycles. The van der Waals surface area contributed by atoms with Gasteiger partial charge in [-0.1, -0.05) is 109 Å². The SMILES string of the molecule is C=CCOC(=O)C(CCCCCCCCCCCC/C=C/CCCCCC)CC(=O)O. The first-order valence-electron chi connectivity index (χ1n) is 12.8. The van der Waals surface area contributed by atoms with Gasteiger partial charge in [0.25, 0.3) is 0 Å². The number of aliphatic carboxylic acids is 1. The number of allylic oxidation sites excluding steroid dienone is 2. The highest BCUT2D eigenvalue weighted by Gasteiger charge is 2.22. The minimum atomic E-state index is -0.945. The molecular weight excluding hydrogens is 388 g/mol. The van der Waals surface area contributed by atoms with E-state index in [1.54, 1.807) is 0 Å². The second-order valence-electron chi connectivity index (χ2n) is 8.65. The van der Waals surface area contributed by atoms with Crippen molar-refractivity contribution in [1.82, 2.24) is 0 Å². The van der Waals surface area contributed by atoms with Gasteiger partial charge in [-0.3, -0.25) is 9.59 Å². The zero-order chi connectivity index (χ0) is 23.0. The molecule has 0 aliphatic rings. The molecule has 1 unspecified atom stereocenters. The van der Waals surface area contributed by atoms with Crippen LogP contribution in [0.1, 0.15) is 122 Å². The summed E-state index contributed by atoms with van der Waals surface area (Å²) in [5.74, 6) is -1.89. The van der Waals surface area contributed by atoms with Crippen molar-refractivity contribution in [3.05, 3.63) is 24.8 Å². The Morgan fingerprint density at radius 1 is 0.806 bits per heavy atom. The molecule has 0 amide bonds. The standard InChI is InChI=1S/C27H48O4/c1-3-5-6-7-8-9-10-11-12-13-14-15-16-17-18-19-20-21-22-25(24-26(28)29)27(30)31-23-4-2/h4,9-10,25H,2-3,5-8,11-24H2,1H3,(H,28,29)/b10-9+. The molecule has 1 N–H and O–H groups in total. The summed E-state index contributed by atoms with van der Waals surface area (Å²) in [7, 11) is 0. The quantitative estimate of drug-likeness (QED) is 0.100. The van der Waals surface area contributed by atoms with E-state index in [2.05, 4.69) is 25.7 Å². The molecule has 0 fully saturated rings. The molecule has 0 aromatic rings. The van der Waals surface area contributed by atoms with Crippen LogP contribution in [-0.2, 0) is 14.3 Å². The Morgan fingerprint density at radius 2 is 1.29 bits per heavy atom. The van der Waals surface area contributed by atoms with E-state index in [-0.39, 0.29) is 13.0 Å². The van der Waals surface area contributed by atoms with Crippen molar-refractivity contribution < 1.29 is 19.4 Å². The van der Waals surface area contributed by atoms with Crippen molar-refractivity contribution in [2.24, 2.45) is 5.92 Å². The lowest BCUT2D eigenvalue weighted by Crippen LogP contribution is -2.21. The van der Waals surface area contributed by atoms with Gasteiger partial charge in [-0.15, -0.1) is 0 Å². The van der Waals surface area contributed by atoms with Gasteiger partial charge >= 0.3 is 11.9 Å². The molecule has 0 bridgehead atoms.